The van der Waals surface area contributed by atoms with Crippen molar-refractivity contribution >= 4 is 44.7 Å². The highest BCUT2D eigenvalue weighted by atomic mass is 79.9. The van der Waals surface area contributed by atoms with Crippen molar-refractivity contribution in [3.8, 4) is 6.07 Å². The van der Waals surface area contributed by atoms with Gasteiger partial charge in [-0.15, -0.1) is 11.3 Å². The van der Waals surface area contributed by atoms with Crippen LogP contribution in [-0.4, -0.2) is 4.98 Å². The lowest BCUT2D eigenvalue weighted by Crippen LogP contribution is -2.01. The summed E-state index contributed by atoms with van der Waals surface area (Å²) in [6, 6.07) is 5.60. The second-order valence-corrected chi connectivity index (χ2v) is 5.41. The topological polar surface area (TPSA) is 48.7 Å². The van der Waals surface area contributed by atoms with Crippen LogP contribution in [0.25, 0.3) is 0 Å². The highest BCUT2D eigenvalue weighted by Gasteiger charge is 2.08. The van der Waals surface area contributed by atoms with Gasteiger partial charge in [0.05, 0.1) is 12.1 Å². The van der Waals surface area contributed by atoms with Gasteiger partial charge in [0, 0.05) is 15.5 Å². The van der Waals surface area contributed by atoms with Gasteiger partial charge in [-0.2, -0.15) is 5.26 Å². The van der Waals surface area contributed by atoms with E-state index in [9.17, 15) is 0 Å². The SMILES string of the molecule is N#Cc1ccnc(NCc2sccc2Br)c1Cl. The molecule has 0 aromatic carbocycles. The van der Waals surface area contributed by atoms with E-state index in [0.717, 1.165) is 9.35 Å². The summed E-state index contributed by atoms with van der Waals surface area (Å²) in [5.74, 6) is 0.533. The van der Waals surface area contributed by atoms with E-state index in [-0.39, 0.29) is 0 Å². The second-order valence-electron chi connectivity index (χ2n) is 3.18. The third-order valence-electron chi connectivity index (χ3n) is 2.12. The molecule has 0 aliphatic rings. The highest BCUT2D eigenvalue weighted by molar-refractivity contribution is 9.10. The Kier molecular flexibility index (Phi) is 4.00. The fourth-order valence-electron chi connectivity index (χ4n) is 1.27. The van der Waals surface area contributed by atoms with Gasteiger partial charge in [-0.25, -0.2) is 4.98 Å². The van der Waals surface area contributed by atoms with Gasteiger partial charge in [-0.3, -0.25) is 0 Å². The molecule has 0 fully saturated rings. The Bertz CT molecular complexity index is 576. The number of halogens is 2. The molecule has 86 valence electrons. The van der Waals surface area contributed by atoms with Crippen molar-refractivity contribution < 1.29 is 0 Å². The van der Waals surface area contributed by atoms with Crippen LogP contribution in [0.2, 0.25) is 5.02 Å². The van der Waals surface area contributed by atoms with Gasteiger partial charge in [0.1, 0.15) is 16.9 Å². The van der Waals surface area contributed by atoms with E-state index < -0.39 is 0 Å². The van der Waals surface area contributed by atoms with Crippen LogP contribution in [0.1, 0.15) is 10.4 Å². The van der Waals surface area contributed by atoms with Gasteiger partial charge in [-0.05, 0) is 33.4 Å². The van der Waals surface area contributed by atoms with Crippen LogP contribution in [-0.2, 0) is 6.54 Å². The van der Waals surface area contributed by atoms with Crippen molar-refractivity contribution in [3.63, 3.8) is 0 Å². The number of anilines is 1. The summed E-state index contributed by atoms with van der Waals surface area (Å²) in [6.45, 7) is 0.625. The van der Waals surface area contributed by atoms with Crippen molar-refractivity contribution in [1.29, 1.82) is 5.26 Å². The van der Waals surface area contributed by atoms with Crippen LogP contribution in [0.15, 0.2) is 28.2 Å². The quantitative estimate of drug-likeness (QED) is 0.925. The van der Waals surface area contributed by atoms with E-state index in [0.29, 0.717) is 22.9 Å². The monoisotopic (exact) mass is 327 g/mol. The minimum Gasteiger partial charge on any atom is -0.364 e. The van der Waals surface area contributed by atoms with Crippen LogP contribution < -0.4 is 5.32 Å². The summed E-state index contributed by atoms with van der Waals surface area (Å²) in [4.78, 5) is 5.27. The summed E-state index contributed by atoms with van der Waals surface area (Å²) < 4.78 is 1.06. The van der Waals surface area contributed by atoms with Crippen LogP contribution in [0.3, 0.4) is 0 Å². The van der Waals surface area contributed by atoms with Crippen LogP contribution >= 0.6 is 38.9 Å². The lowest BCUT2D eigenvalue weighted by Gasteiger charge is -2.07. The largest absolute Gasteiger partial charge is 0.364 e. The van der Waals surface area contributed by atoms with E-state index in [4.69, 9.17) is 16.9 Å². The number of pyridine rings is 1. The molecule has 0 spiro atoms. The molecule has 1 N–H and O–H groups in total. The summed E-state index contributed by atoms with van der Waals surface area (Å²) >= 11 is 11.1. The molecular weight excluding hydrogens is 322 g/mol. The highest BCUT2D eigenvalue weighted by Crippen LogP contribution is 2.26. The average molecular weight is 329 g/mol. The molecule has 2 heterocycles. The second kappa shape index (κ2) is 5.50. The molecule has 17 heavy (non-hydrogen) atoms. The lowest BCUT2D eigenvalue weighted by atomic mass is 10.3. The Morgan fingerprint density at radius 2 is 2.35 bits per heavy atom. The van der Waals surface area contributed by atoms with Gasteiger partial charge in [-0.1, -0.05) is 11.6 Å². The zero-order valence-corrected chi connectivity index (χ0v) is 11.7. The standard InChI is InChI=1S/C11H7BrClN3S/c12-8-2-4-17-9(8)6-16-11-10(13)7(5-14)1-3-15-11/h1-4H,6H2,(H,15,16). The molecule has 2 aromatic heterocycles. The average Bonchev–Trinajstić information content (AvgIpc) is 2.74. The number of aromatic nitrogens is 1. The van der Waals surface area contributed by atoms with E-state index >= 15 is 0 Å². The van der Waals surface area contributed by atoms with Crippen molar-refractivity contribution in [2.75, 3.05) is 5.32 Å². The van der Waals surface area contributed by atoms with Gasteiger partial charge >= 0.3 is 0 Å². The summed E-state index contributed by atoms with van der Waals surface area (Å²) in [6.07, 6.45) is 1.57. The number of hydrogen-bond donors (Lipinski definition) is 1. The number of rotatable bonds is 3. The number of nitrogens with one attached hydrogen (secondary N) is 1. The van der Waals surface area contributed by atoms with Gasteiger partial charge < -0.3 is 5.32 Å². The third-order valence-corrected chi connectivity index (χ3v) is 4.43. The molecule has 0 aliphatic heterocycles. The van der Waals surface area contributed by atoms with E-state index in [1.54, 1.807) is 23.6 Å². The maximum atomic E-state index is 8.84. The van der Waals surface area contributed by atoms with E-state index in [1.165, 1.54) is 0 Å². The molecule has 0 unspecified atom stereocenters. The number of thiophene rings is 1. The molecule has 6 heteroatoms. The van der Waals surface area contributed by atoms with Crippen molar-refractivity contribution in [1.82, 2.24) is 4.98 Å². The number of nitriles is 1. The fraction of sp³-hybridized carbons (Fsp3) is 0.0909. The van der Waals surface area contributed by atoms with Crippen molar-refractivity contribution in [2.45, 2.75) is 6.54 Å². The molecule has 0 atom stereocenters. The first-order chi connectivity index (χ1) is 8.22. The molecule has 0 saturated carbocycles. The zero-order chi connectivity index (χ0) is 12.3. The fourth-order valence-corrected chi connectivity index (χ4v) is 2.92. The normalized spacial score (nSPS) is 9.94. The Hall–Kier alpha value is -1.09. The first-order valence-corrected chi connectivity index (χ1v) is 6.77. The zero-order valence-electron chi connectivity index (χ0n) is 8.58. The summed E-state index contributed by atoms with van der Waals surface area (Å²) in [7, 11) is 0. The molecule has 0 saturated heterocycles. The van der Waals surface area contributed by atoms with Crippen molar-refractivity contribution in [3.05, 3.63) is 43.6 Å². The summed E-state index contributed by atoms with van der Waals surface area (Å²) in [5, 5.41) is 14.3. The minimum atomic E-state index is 0.364. The van der Waals surface area contributed by atoms with E-state index in [1.807, 2.05) is 17.5 Å². The first-order valence-electron chi connectivity index (χ1n) is 4.72. The molecular formula is C11H7BrClN3S. The minimum absolute atomic E-state index is 0.364. The Labute approximate surface area is 116 Å². The molecule has 2 aromatic rings. The first kappa shape index (κ1) is 12.4. The number of hydrogen-bond acceptors (Lipinski definition) is 4. The predicted molar refractivity (Wildman–Crippen MR) is 73.3 cm³/mol. The van der Waals surface area contributed by atoms with Crippen LogP contribution in [0.5, 0.6) is 0 Å². The molecule has 2 rings (SSSR count). The molecule has 0 amide bonds. The van der Waals surface area contributed by atoms with Crippen molar-refractivity contribution in [2.24, 2.45) is 0 Å². The van der Waals surface area contributed by atoms with E-state index in [2.05, 4.69) is 26.2 Å². The summed E-state index contributed by atoms with van der Waals surface area (Å²) in [5.41, 5.74) is 0.425. The van der Waals surface area contributed by atoms with Crippen LogP contribution in [0, 0.1) is 11.3 Å². The third kappa shape index (κ3) is 2.78. The smallest absolute Gasteiger partial charge is 0.146 e. The lowest BCUT2D eigenvalue weighted by molar-refractivity contribution is 1.13. The molecule has 0 aliphatic carbocycles. The van der Waals surface area contributed by atoms with Gasteiger partial charge in [0.15, 0.2) is 0 Å². The Morgan fingerprint density at radius 3 is 3.00 bits per heavy atom. The Morgan fingerprint density at radius 1 is 1.53 bits per heavy atom. The number of nitrogens with zero attached hydrogens (tertiary/aromatic N) is 2. The maximum absolute atomic E-state index is 8.84. The predicted octanol–water partition coefficient (Wildman–Crippen LogP) is 4.04. The van der Waals surface area contributed by atoms with Gasteiger partial charge in [0.2, 0.25) is 0 Å². The van der Waals surface area contributed by atoms with Crippen LogP contribution in [0.4, 0.5) is 5.82 Å². The molecule has 0 bridgehead atoms. The van der Waals surface area contributed by atoms with Gasteiger partial charge in [0.25, 0.3) is 0 Å². The Balaban J connectivity index is 2.15. The molecule has 3 nitrogen and oxygen atoms in total. The maximum Gasteiger partial charge on any atom is 0.146 e. The molecule has 0 radical (unpaired) electrons.